The Balaban J connectivity index is 2.80. The van der Waals surface area contributed by atoms with Crippen molar-refractivity contribution >= 4 is 5.65 Å². The van der Waals surface area contributed by atoms with Gasteiger partial charge in [-0.15, -0.1) is 0 Å². The van der Waals surface area contributed by atoms with Gasteiger partial charge in [0.2, 0.25) is 0 Å². The third kappa shape index (κ3) is 1.65. The molecular weight excluding hydrogens is 184 g/mol. The highest BCUT2D eigenvalue weighted by atomic mass is 15.0. The van der Waals surface area contributed by atoms with Gasteiger partial charge in [-0.25, -0.2) is 4.98 Å². The van der Waals surface area contributed by atoms with Crippen molar-refractivity contribution in [3.63, 3.8) is 0 Å². The van der Waals surface area contributed by atoms with E-state index in [0.29, 0.717) is 0 Å². The molecule has 2 heterocycles. The smallest absolute Gasteiger partial charge is 0.137 e. The minimum atomic E-state index is 0.138. The number of fused-ring (bicyclic) bond motifs is 1. The van der Waals surface area contributed by atoms with E-state index in [-0.39, 0.29) is 5.41 Å². The van der Waals surface area contributed by atoms with E-state index < -0.39 is 0 Å². The van der Waals surface area contributed by atoms with Crippen LogP contribution in [0.2, 0.25) is 0 Å². The van der Waals surface area contributed by atoms with Crippen molar-refractivity contribution in [2.75, 3.05) is 0 Å². The third-order valence-corrected chi connectivity index (χ3v) is 2.67. The summed E-state index contributed by atoms with van der Waals surface area (Å²) in [6.45, 7) is 10.9. The number of aromatic nitrogens is 2. The van der Waals surface area contributed by atoms with Gasteiger partial charge in [-0.1, -0.05) is 20.8 Å². The maximum absolute atomic E-state index is 4.60. The summed E-state index contributed by atoms with van der Waals surface area (Å²) in [6.07, 6.45) is 2.12. The molecule has 0 saturated carbocycles. The van der Waals surface area contributed by atoms with Gasteiger partial charge in [-0.05, 0) is 31.5 Å². The Hall–Kier alpha value is -1.31. The lowest BCUT2D eigenvalue weighted by Gasteiger charge is -2.19. The third-order valence-electron chi connectivity index (χ3n) is 2.67. The molecule has 2 nitrogen and oxygen atoms in total. The Morgan fingerprint density at radius 2 is 1.87 bits per heavy atom. The maximum Gasteiger partial charge on any atom is 0.137 e. The van der Waals surface area contributed by atoms with Gasteiger partial charge in [-0.2, -0.15) is 0 Å². The highest BCUT2D eigenvalue weighted by Gasteiger charge is 2.21. The molecule has 0 aliphatic rings. The molecular formula is C13H18N2. The van der Waals surface area contributed by atoms with Gasteiger partial charge < -0.3 is 4.40 Å². The Bertz CT molecular complexity index is 501. The second-order valence-corrected chi connectivity index (χ2v) is 5.23. The molecule has 0 radical (unpaired) electrons. The lowest BCUT2D eigenvalue weighted by molar-refractivity contribution is 0.559. The fourth-order valence-electron chi connectivity index (χ4n) is 2.17. The first-order chi connectivity index (χ1) is 6.89. The number of hydrogen-bond donors (Lipinski definition) is 0. The van der Waals surface area contributed by atoms with Crippen LogP contribution in [0.15, 0.2) is 18.3 Å². The van der Waals surface area contributed by atoms with Crippen molar-refractivity contribution in [3.8, 4) is 0 Å². The van der Waals surface area contributed by atoms with Crippen molar-refractivity contribution in [1.29, 1.82) is 0 Å². The van der Waals surface area contributed by atoms with Gasteiger partial charge in [0.05, 0.1) is 11.4 Å². The number of nitrogens with zero attached hydrogens (tertiary/aromatic N) is 2. The van der Waals surface area contributed by atoms with Crippen molar-refractivity contribution in [2.45, 2.75) is 40.0 Å². The van der Waals surface area contributed by atoms with Gasteiger partial charge in [0, 0.05) is 11.6 Å². The van der Waals surface area contributed by atoms with Gasteiger partial charge in [0.25, 0.3) is 0 Å². The number of imidazole rings is 1. The second-order valence-electron chi connectivity index (χ2n) is 5.23. The van der Waals surface area contributed by atoms with E-state index in [1.165, 1.54) is 11.3 Å². The minimum Gasteiger partial charge on any atom is -0.303 e. The monoisotopic (exact) mass is 202 g/mol. The van der Waals surface area contributed by atoms with Crippen LogP contribution in [0.25, 0.3) is 5.65 Å². The van der Waals surface area contributed by atoms with Crippen molar-refractivity contribution in [1.82, 2.24) is 9.38 Å². The maximum atomic E-state index is 4.60. The van der Waals surface area contributed by atoms with Gasteiger partial charge in [0.15, 0.2) is 0 Å². The van der Waals surface area contributed by atoms with Gasteiger partial charge in [-0.3, -0.25) is 0 Å². The minimum absolute atomic E-state index is 0.138. The summed E-state index contributed by atoms with van der Waals surface area (Å²) in [4.78, 5) is 4.60. The highest BCUT2D eigenvalue weighted by molar-refractivity contribution is 5.46. The zero-order valence-corrected chi connectivity index (χ0v) is 10.1. The summed E-state index contributed by atoms with van der Waals surface area (Å²) in [6, 6.07) is 4.26. The van der Waals surface area contributed by atoms with Crippen molar-refractivity contribution < 1.29 is 0 Å². The molecule has 2 aromatic heterocycles. The normalized spacial score (nSPS) is 12.3. The SMILES string of the molecule is Cc1ccn2c(C(C)(C)C)c(C)nc2c1. The number of aryl methyl sites for hydroxylation is 2. The predicted octanol–water partition coefficient (Wildman–Crippen LogP) is 3.25. The second kappa shape index (κ2) is 3.09. The Morgan fingerprint density at radius 1 is 1.20 bits per heavy atom. The summed E-state index contributed by atoms with van der Waals surface area (Å²) in [7, 11) is 0. The average molecular weight is 202 g/mol. The lowest BCUT2D eigenvalue weighted by Crippen LogP contribution is -2.15. The number of rotatable bonds is 0. The highest BCUT2D eigenvalue weighted by Crippen LogP contribution is 2.26. The summed E-state index contributed by atoms with van der Waals surface area (Å²) >= 11 is 0. The Kier molecular flexibility index (Phi) is 2.10. The van der Waals surface area contributed by atoms with Crippen LogP contribution < -0.4 is 0 Å². The molecule has 0 unspecified atom stereocenters. The summed E-state index contributed by atoms with van der Waals surface area (Å²) in [5, 5.41) is 0. The molecule has 0 spiro atoms. The Labute approximate surface area is 91.0 Å². The molecule has 0 fully saturated rings. The van der Waals surface area contributed by atoms with Crippen LogP contribution >= 0.6 is 0 Å². The lowest BCUT2D eigenvalue weighted by atomic mass is 9.91. The van der Waals surface area contributed by atoms with Crippen LogP contribution in [0.1, 0.15) is 37.7 Å². The molecule has 0 aliphatic heterocycles. The summed E-state index contributed by atoms with van der Waals surface area (Å²) in [5.41, 5.74) is 4.88. The van der Waals surface area contributed by atoms with E-state index >= 15 is 0 Å². The first-order valence-electron chi connectivity index (χ1n) is 5.35. The first-order valence-corrected chi connectivity index (χ1v) is 5.35. The Morgan fingerprint density at radius 3 is 2.47 bits per heavy atom. The topological polar surface area (TPSA) is 17.3 Å². The average Bonchev–Trinajstić information content (AvgIpc) is 2.38. The van der Waals surface area contributed by atoms with E-state index in [2.05, 4.69) is 62.3 Å². The van der Waals surface area contributed by atoms with E-state index in [4.69, 9.17) is 0 Å². The summed E-state index contributed by atoms with van der Waals surface area (Å²) < 4.78 is 2.20. The van der Waals surface area contributed by atoms with E-state index in [9.17, 15) is 0 Å². The van der Waals surface area contributed by atoms with Crippen LogP contribution in [0.3, 0.4) is 0 Å². The largest absolute Gasteiger partial charge is 0.303 e. The molecule has 0 aliphatic carbocycles. The van der Waals surface area contributed by atoms with Crippen molar-refractivity contribution in [2.24, 2.45) is 0 Å². The zero-order chi connectivity index (χ0) is 11.2. The molecule has 2 heteroatoms. The van der Waals surface area contributed by atoms with Crippen LogP contribution in [0.4, 0.5) is 0 Å². The molecule has 2 rings (SSSR count). The van der Waals surface area contributed by atoms with E-state index in [0.717, 1.165) is 11.3 Å². The van der Waals surface area contributed by atoms with Crippen LogP contribution in [-0.2, 0) is 5.41 Å². The number of hydrogen-bond acceptors (Lipinski definition) is 1. The molecule has 15 heavy (non-hydrogen) atoms. The predicted molar refractivity (Wildman–Crippen MR) is 63.4 cm³/mol. The fraction of sp³-hybridized carbons (Fsp3) is 0.462. The molecule has 0 amide bonds. The molecule has 0 atom stereocenters. The summed E-state index contributed by atoms with van der Waals surface area (Å²) in [5.74, 6) is 0. The fourth-order valence-corrected chi connectivity index (χ4v) is 2.17. The van der Waals surface area contributed by atoms with E-state index in [1.807, 2.05) is 0 Å². The molecule has 0 aromatic carbocycles. The number of pyridine rings is 1. The molecule has 80 valence electrons. The first kappa shape index (κ1) is 10.2. The molecule has 0 bridgehead atoms. The van der Waals surface area contributed by atoms with Crippen LogP contribution in [0, 0.1) is 13.8 Å². The van der Waals surface area contributed by atoms with Crippen LogP contribution in [-0.4, -0.2) is 9.38 Å². The van der Waals surface area contributed by atoms with Gasteiger partial charge in [0.1, 0.15) is 5.65 Å². The van der Waals surface area contributed by atoms with Crippen molar-refractivity contribution in [3.05, 3.63) is 35.3 Å². The van der Waals surface area contributed by atoms with Crippen LogP contribution in [0.5, 0.6) is 0 Å². The zero-order valence-electron chi connectivity index (χ0n) is 10.1. The van der Waals surface area contributed by atoms with E-state index in [1.54, 1.807) is 0 Å². The standard InChI is InChI=1S/C13H18N2/c1-9-6-7-15-11(8-9)14-10(2)12(15)13(3,4)5/h6-8H,1-5H3. The molecule has 0 saturated heterocycles. The van der Waals surface area contributed by atoms with Gasteiger partial charge >= 0.3 is 0 Å². The molecule has 0 N–H and O–H groups in total. The quantitative estimate of drug-likeness (QED) is 0.641. The molecule has 2 aromatic rings.